The molecule has 3 aromatic carbocycles. The van der Waals surface area contributed by atoms with E-state index in [1.54, 1.807) is 6.07 Å². The van der Waals surface area contributed by atoms with Gasteiger partial charge in [0, 0.05) is 12.5 Å². The van der Waals surface area contributed by atoms with Crippen molar-refractivity contribution in [3.05, 3.63) is 83.9 Å². The fraction of sp³-hybridized carbons (Fsp3) is 0.296. The van der Waals surface area contributed by atoms with Crippen LogP contribution in [0.15, 0.2) is 72.8 Å². The first kappa shape index (κ1) is 23.6. The van der Waals surface area contributed by atoms with Crippen molar-refractivity contribution < 1.29 is 23.7 Å². The van der Waals surface area contributed by atoms with Crippen molar-refractivity contribution in [3.8, 4) is 16.9 Å². The quantitative estimate of drug-likeness (QED) is 0.309. The van der Waals surface area contributed by atoms with Crippen LogP contribution >= 0.6 is 0 Å². The SMILES string of the molecule is Nc1ccccc1OCCOCCOCCNC(=O)OCC1c2ccccc2-c2ccccc21. The van der Waals surface area contributed by atoms with Crippen molar-refractivity contribution in [2.45, 2.75) is 5.92 Å². The summed E-state index contributed by atoms with van der Waals surface area (Å²) in [5.74, 6) is 0.704. The van der Waals surface area contributed by atoms with Gasteiger partial charge in [0.25, 0.3) is 0 Å². The molecule has 0 heterocycles. The van der Waals surface area contributed by atoms with Gasteiger partial charge in [-0.1, -0.05) is 60.7 Å². The summed E-state index contributed by atoms with van der Waals surface area (Å²) in [5.41, 5.74) is 11.2. The van der Waals surface area contributed by atoms with Gasteiger partial charge in [-0.25, -0.2) is 4.79 Å². The summed E-state index contributed by atoms with van der Waals surface area (Å²) >= 11 is 0. The fourth-order valence-corrected chi connectivity index (χ4v) is 4.02. The van der Waals surface area contributed by atoms with E-state index in [-0.39, 0.29) is 5.92 Å². The maximum absolute atomic E-state index is 12.1. The summed E-state index contributed by atoms with van der Waals surface area (Å²) in [7, 11) is 0. The Hall–Kier alpha value is -3.55. The number of para-hydroxylation sites is 2. The molecule has 3 N–H and O–H groups in total. The average molecular weight is 463 g/mol. The van der Waals surface area contributed by atoms with Gasteiger partial charge in [0.1, 0.15) is 19.0 Å². The fourth-order valence-electron chi connectivity index (χ4n) is 4.02. The number of ether oxygens (including phenoxy) is 4. The van der Waals surface area contributed by atoms with E-state index >= 15 is 0 Å². The molecule has 1 aliphatic rings. The molecule has 0 radical (unpaired) electrons. The zero-order chi connectivity index (χ0) is 23.6. The Morgan fingerprint density at radius 3 is 2.06 bits per heavy atom. The lowest BCUT2D eigenvalue weighted by Crippen LogP contribution is -2.29. The molecule has 0 aliphatic heterocycles. The van der Waals surface area contributed by atoms with Crippen LogP contribution in [0, 0.1) is 0 Å². The number of nitrogen functional groups attached to an aromatic ring is 1. The number of benzene rings is 3. The molecule has 0 saturated heterocycles. The number of carbonyl (C=O) groups is 1. The minimum Gasteiger partial charge on any atom is -0.489 e. The van der Waals surface area contributed by atoms with Crippen molar-refractivity contribution in [3.63, 3.8) is 0 Å². The van der Waals surface area contributed by atoms with E-state index in [1.165, 1.54) is 22.3 Å². The van der Waals surface area contributed by atoms with Gasteiger partial charge in [-0.3, -0.25) is 0 Å². The lowest BCUT2D eigenvalue weighted by molar-refractivity contribution is 0.0370. The lowest BCUT2D eigenvalue weighted by atomic mass is 9.98. The van der Waals surface area contributed by atoms with E-state index in [0.29, 0.717) is 57.6 Å². The van der Waals surface area contributed by atoms with Crippen LogP contribution in [0.4, 0.5) is 10.5 Å². The van der Waals surface area contributed by atoms with Crippen molar-refractivity contribution in [2.24, 2.45) is 0 Å². The highest BCUT2D eigenvalue weighted by molar-refractivity contribution is 5.79. The minimum atomic E-state index is -0.445. The number of hydrogen-bond acceptors (Lipinski definition) is 6. The summed E-state index contributed by atoms with van der Waals surface area (Å²) in [6.45, 7) is 2.77. The number of amides is 1. The van der Waals surface area contributed by atoms with Gasteiger partial charge < -0.3 is 30.0 Å². The third-order valence-electron chi connectivity index (χ3n) is 5.64. The van der Waals surface area contributed by atoms with Gasteiger partial charge in [-0.05, 0) is 34.4 Å². The van der Waals surface area contributed by atoms with Crippen LogP contribution < -0.4 is 15.8 Å². The number of rotatable bonds is 12. The van der Waals surface area contributed by atoms with E-state index in [9.17, 15) is 4.79 Å². The Morgan fingerprint density at radius 2 is 1.35 bits per heavy atom. The van der Waals surface area contributed by atoms with Crippen molar-refractivity contribution in [1.29, 1.82) is 0 Å². The normalized spacial score (nSPS) is 12.1. The molecule has 0 atom stereocenters. The van der Waals surface area contributed by atoms with Crippen LogP contribution in [0.3, 0.4) is 0 Å². The molecule has 0 bridgehead atoms. The maximum Gasteiger partial charge on any atom is 0.407 e. The van der Waals surface area contributed by atoms with Gasteiger partial charge in [-0.15, -0.1) is 0 Å². The number of anilines is 1. The van der Waals surface area contributed by atoms with Gasteiger partial charge in [0.15, 0.2) is 0 Å². The van der Waals surface area contributed by atoms with E-state index in [1.807, 2.05) is 42.5 Å². The smallest absolute Gasteiger partial charge is 0.407 e. The van der Waals surface area contributed by atoms with Gasteiger partial charge in [0.2, 0.25) is 0 Å². The molecule has 1 aliphatic carbocycles. The van der Waals surface area contributed by atoms with E-state index in [4.69, 9.17) is 24.7 Å². The van der Waals surface area contributed by atoms with E-state index < -0.39 is 6.09 Å². The number of nitrogens with two attached hydrogens (primary N) is 1. The predicted molar refractivity (Wildman–Crippen MR) is 131 cm³/mol. The third kappa shape index (κ3) is 6.07. The summed E-state index contributed by atoms with van der Waals surface area (Å²) in [4.78, 5) is 12.1. The molecule has 0 aromatic heterocycles. The number of carbonyl (C=O) groups excluding carboxylic acids is 1. The first-order valence-electron chi connectivity index (χ1n) is 11.5. The molecule has 34 heavy (non-hydrogen) atoms. The Bertz CT molecular complexity index is 1040. The Balaban J connectivity index is 1.06. The highest BCUT2D eigenvalue weighted by atomic mass is 16.6. The Morgan fingerprint density at radius 1 is 0.765 bits per heavy atom. The summed E-state index contributed by atoms with van der Waals surface area (Å²) in [5, 5.41) is 2.73. The second kappa shape index (κ2) is 12.1. The minimum absolute atomic E-state index is 0.0499. The average Bonchev–Trinajstić information content (AvgIpc) is 3.18. The largest absolute Gasteiger partial charge is 0.489 e. The molecule has 7 heteroatoms. The van der Waals surface area contributed by atoms with Crippen LogP contribution in [0.25, 0.3) is 11.1 Å². The Labute approximate surface area is 199 Å². The zero-order valence-corrected chi connectivity index (χ0v) is 19.1. The van der Waals surface area contributed by atoms with E-state index in [2.05, 4.69) is 29.6 Å². The summed E-state index contributed by atoms with van der Waals surface area (Å²) in [6, 6.07) is 23.9. The van der Waals surface area contributed by atoms with Gasteiger partial charge in [0.05, 0.1) is 32.1 Å². The van der Waals surface area contributed by atoms with Crippen molar-refractivity contribution >= 4 is 11.8 Å². The van der Waals surface area contributed by atoms with Gasteiger partial charge >= 0.3 is 6.09 Å². The molecule has 4 rings (SSSR count). The van der Waals surface area contributed by atoms with Gasteiger partial charge in [-0.2, -0.15) is 0 Å². The number of hydrogen-bond donors (Lipinski definition) is 2. The third-order valence-corrected chi connectivity index (χ3v) is 5.64. The maximum atomic E-state index is 12.1. The number of nitrogens with one attached hydrogen (secondary N) is 1. The van der Waals surface area contributed by atoms with Crippen LogP contribution in [0.5, 0.6) is 5.75 Å². The molecular formula is C27H30N2O5. The summed E-state index contributed by atoms with van der Waals surface area (Å²) < 4.78 is 22.0. The number of fused-ring (bicyclic) bond motifs is 3. The first-order valence-corrected chi connectivity index (χ1v) is 11.5. The molecule has 0 fully saturated rings. The van der Waals surface area contributed by atoms with E-state index in [0.717, 1.165) is 0 Å². The molecule has 0 spiro atoms. The zero-order valence-electron chi connectivity index (χ0n) is 19.1. The second-order valence-corrected chi connectivity index (χ2v) is 7.86. The summed E-state index contributed by atoms with van der Waals surface area (Å²) in [6.07, 6.45) is -0.445. The van der Waals surface area contributed by atoms with Crippen LogP contribution in [0.2, 0.25) is 0 Å². The highest BCUT2D eigenvalue weighted by Gasteiger charge is 2.28. The predicted octanol–water partition coefficient (Wildman–Crippen LogP) is 4.22. The second-order valence-electron chi connectivity index (χ2n) is 7.86. The molecular weight excluding hydrogens is 432 g/mol. The van der Waals surface area contributed by atoms with Crippen LogP contribution in [0.1, 0.15) is 17.0 Å². The van der Waals surface area contributed by atoms with Crippen LogP contribution in [-0.2, 0) is 14.2 Å². The topological polar surface area (TPSA) is 92.0 Å². The lowest BCUT2D eigenvalue weighted by Gasteiger charge is -2.14. The standard InChI is InChI=1S/C27H30N2O5/c28-25-11-5-6-12-26(25)33-18-17-32-16-15-31-14-13-29-27(30)34-19-24-22-9-3-1-7-20(22)21-8-2-4-10-23(21)24/h1-12,24H,13-19,28H2,(H,29,30). The molecule has 7 nitrogen and oxygen atoms in total. The molecule has 178 valence electrons. The van der Waals surface area contributed by atoms with Crippen molar-refractivity contribution in [1.82, 2.24) is 5.32 Å². The molecule has 3 aromatic rings. The number of alkyl carbamates (subject to hydrolysis) is 1. The highest BCUT2D eigenvalue weighted by Crippen LogP contribution is 2.44. The first-order chi connectivity index (χ1) is 16.7. The molecule has 0 unspecified atom stereocenters. The van der Waals surface area contributed by atoms with Crippen LogP contribution in [-0.4, -0.2) is 52.3 Å². The monoisotopic (exact) mass is 462 g/mol. The molecule has 0 saturated carbocycles. The Kier molecular flexibility index (Phi) is 8.38. The molecule has 1 amide bonds. The van der Waals surface area contributed by atoms with Crippen molar-refractivity contribution in [2.75, 3.05) is 51.9 Å².